The number of aromatic nitrogens is 4. The highest BCUT2D eigenvalue weighted by atomic mass is 16.1. The molecule has 5 nitrogen and oxygen atoms in total. The zero-order valence-electron chi connectivity index (χ0n) is 8.19. The Labute approximate surface area is 77.1 Å². The summed E-state index contributed by atoms with van der Waals surface area (Å²) in [4.78, 5) is 11.5. The molecule has 1 aromatic rings. The van der Waals surface area contributed by atoms with Gasteiger partial charge in [-0.05, 0) is 23.3 Å². The van der Waals surface area contributed by atoms with E-state index in [1.54, 1.807) is 0 Å². The normalized spacial score (nSPS) is 10.8. The summed E-state index contributed by atoms with van der Waals surface area (Å²) in [7, 11) is 0. The first-order valence-electron chi connectivity index (χ1n) is 4.44. The third-order valence-electron chi connectivity index (χ3n) is 1.67. The number of ketones is 1. The molecule has 0 aliphatic rings. The highest BCUT2D eigenvalue weighted by Gasteiger charge is 2.15. The minimum absolute atomic E-state index is 0.0156. The standard InChI is InChI=1S/C8H14N4O/c1-4-12-8(9-10-11-12)7(13)5-6(2)3/h6H,4-5H2,1-3H3. The molecule has 5 heteroatoms. The van der Waals surface area contributed by atoms with Gasteiger partial charge in [0.1, 0.15) is 0 Å². The smallest absolute Gasteiger partial charge is 0.218 e. The summed E-state index contributed by atoms with van der Waals surface area (Å²) in [5, 5.41) is 10.9. The molecule has 1 heterocycles. The number of tetrazole rings is 1. The Bertz CT molecular complexity index is 292. The minimum atomic E-state index is 0.0156. The Morgan fingerprint density at radius 2 is 2.23 bits per heavy atom. The average molecular weight is 182 g/mol. The molecule has 0 radical (unpaired) electrons. The van der Waals surface area contributed by atoms with Crippen LogP contribution in [0.25, 0.3) is 0 Å². The molecule has 0 unspecified atom stereocenters. The molecule has 0 aromatic carbocycles. The molecular weight excluding hydrogens is 168 g/mol. The fraction of sp³-hybridized carbons (Fsp3) is 0.750. The maximum atomic E-state index is 11.5. The van der Waals surface area contributed by atoms with Gasteiger partial charge in [0, 0.05) is 13.0 Å². The van der Waals surface area contributed by atoms with E-state index in [0.717, 1.165) is 0 Å². The maximum absolute atomic E-state index is 11.5. The summed E-state index contributed by atoms with van der Waals surface area (Å²) in [6, 6.07) is 0. The number of carbonyl (C=O) groups excluding carboxylic acids is 1. The number of carbonyl (C=O) groups is 1. The molecule has 13 heavy (non-hydrogen) atoms. The van der Waals surface area contributed by atoms with Crippen molar-refractivity contribution < 1.29 is 4.79 Å². The summed E-state index contributed by atoms with van der Waals surface area (Å²) >= 11 is 0. The number of rotatable bonds is 4. The molecule has 1 rings (SSSR count). The summed E-state index contributed by atoms with van der Waals surface area (Å²) in [5.41, 5.74) is 0. The third kappa shape index (κ3) is 2.34. The Morgan fingerprint density at radius 3 is 2.77 bits per heavy atom. The van der Waals surface area contributed by atoms with Crippen molar-refractivity contribution in [3.05, 3.63) is 5.82 Å². The van der Waals surface area contributed by atoms with E-state index in [9.17, 15) is 4.79 Å². The van der Waals surface area contributed by atoms with E-state index in [-0.39, 0.29) is 5.78 Å². The van der Waals surface area contributed by atoms with Gasteiger partial charge >= 0.3 is 0 Å². The molecule has 0 N–H and O–H groups in total. The molecule has 0 atom stereocenters. The van der Waals surface area contributed by atoms with Crippen LogP contribution in [0.15, 0.2) is 0 Å². The van der Waals surface area contributed by atoms with E-state index in [1.807, 2.05) is 20.8 Å². The van der Waals surface area contributed by atoms with Gasteiger partial charge in [-0.1, -0.05) is 13.8 Å². The van der Waals surface area contributed by atoms with Crippen LogP contribution in [0.5, 0.6) is 0 Å². The number of aryl methyl sites for hydroxylation is 1. The lowest BCUT2D eigenvalue weighted by atomic mass is 10.1. The Kier molecular flexibility index (Phi) is 3.11. The first kappa shape index (κ1) is 9.83. The van der Waals surface area contributed by atoms with Gasteiger partial charge < -0.3 is 0 Å². The first-order chi connectivity index (χ1) is 6.15. The van der Waals surface area contributed by atoms with E-state index >= 15 is 0 Å². The lowest BCUT2D eigenvalue weighted by Crippen LogP contribution is -2.12. The predicted octanol–water partition coefficient (Wildman–Crippen LogP) is 0.922. The number of hydrogen-bond donors (Lipinski definition) is 0. The second kappa shape index (κ2) is 4.11. The average Bonchev–Trinajstić information content (AvgIpc) is 2.49. The van der Waals surface area contributed by atoms with Crippen LogP contribution in [-0.2, 0) is 6.54 Å². The van der Waals surface area contributed by atoms with Gasteiger partial charge in [-0.3, -0.25) is 4.79 Å². The van der Waals surface area contributed by atoms with E-state index in [1.165, 1.54) is 4.68 Å². The number of Topliss-reactive ketones (excluding diaryl/α,β-unsaturated/α-hetero) is 1. The van der Waals surface area contributed by atoms with Crippen molar-refractivity contribution in [2.75, 3.05) is 0 Å². The SMILES string of the molecule is CCn1nnnc1C(=O)CC(C)C. The molecular formula is C8H14N4O. The number of nitrogens with zero attached hydrogens (tertiary/aromatic N) is 4. The van der Waals surface area contributed by atoms with Crippen molar-refractivity contribution in [2.45, 2.75) is 33.7 Å². The first-order valence-corrected chi connectivity index (χ1v) is 4.44. The van der Waals surface area contributed by atoms with Gasteiger partial charge in [0.05, 0.1) is 0 Å². The van der Waals surface area contributed by atoms with E-state index in [4.69, 9.17) is 0 Å². The summed E-state index contributed by atoms with van der Waals surface area (Å²) in [6.45, 7) is 6.53. The monoisotopic (exact) mass is 182 g/mol. The maximum Gasteiger partial charge on any atom is 0.218 e. The van der Waals surface area contributed by atoms with Crippen molar-refractivity contribution >= 4 is 5.78 Å². The van der Waals surface area contributed by atoms with Gasteiger partial charge in [0.25, 0.3) is 0 Å². The molecule has 0 saturated heterocycles. The van der Waals surface area contributed by atoms with Crippen LogP contribution in [0.4, 0.5) is 0 Å². The summed E-state index contributed by atoms with van der Waals surface area (Å²) in [6.07, 6.45) is 0.500. The highest BCUT2D eigenvalue weighted by molar-refractivity contribution is 5.92. The topological polar surface area (TPSA) is 60.7 Å². The third-order valence-corrected chi connectivity index (χ3v) is 1.67. The van der Waals surface area contributed by atoms with Gasteiger partial charge in [-0.25, -0.2) is 4.68 Å². The van der Waals surface area contributed by atoms with Gasteiger partial charge in [0.2, 0.25) is 11.6 Å². The molecule has 0 bridgehead atoms. The second-order valence-corrected chi connectivity index (χ2v) is 3.34. The molecule has 1 aromatic heterocycles. The van der Waals surface area contributed by atoms with Crippen LogP contribution in [0.2, 0.25) is 0 Å². The highest BCUT2D eigenvalue weighted by Crippen LogP contribution is 2.05. The minimum Gasteiger partial charge on any atom is -0.291 e. The van der Waals surface area contributed by atoms with E-state index in [0.29, 0.717) is 24.7 Å². The fourth-order valence-electron chi connectivity index (χ4n) is 1.08. The van der Waals surface area contributed by atoms with E-state index < -0.39 is 0 Å². The van der Waals surface area contributed by atoms with Crippen LogP contribution in [0.3, 0.4) is 0 Å². The van der Waals surface area contributed by atoms with Gasteiger partial charge in [-0.15, -0.1) is 5.10 Å². The molecule has 0 amide bonds. The summed E-state index contributed by atoms with van der Waals surface area (Å²) < 4.78 is 1.52. The van der Waals surface area contributed by atoms with Crippen molar-refractivity contribution in [1.29, 1.82) is 0 Å². The van der Waals surface area contributed by atoms with Gasteiger partial charge in [0.15, 0.2) is 0 Å². The van der Waals surface area contributed by atoms with Crippen LogP contribution < -0.4 is 0 Å². The van der Waals surface area contributed by atoms with Gasteiger partial charge in [-0.2, -0.15) is 0 Å². The fourth-order valence-corrected chi connectivity index (χ4v) is 1.08. The molecule has 72 valence electrons. The molecule has 0 saturated carbocycles. The lowest BCUT2D eigenvalue weighted by Gasteiger charge is -2.02. The Morgan fingerprint density at radius 1 is 1.54 bits per heavy atom. The quantitative estimate of drug-likeness (QED) is 0.650. The van der Waals surface area contributed by atoms with Crippen molar-refractivity contribution in [2.24, 2.45) is 5.92 Å². The molecule has 0 aliphatic carbocycles. The summed E-state index contributed by atoms with van der Waals surface area (Å²) in [5.74, 6) is 0.729. The molecule has 0 fully saturated rings. The van der Waals surface area contributed by atoms with Crippen molar-refractivity contribution in [1.82, 2.24) is 20.2 Å². The zero-order valence-corrected chi connectivity index (χ0v) is 8.19. The Hall–Kier alpha value is -1.26. The molecule has 0 aliphatic heterocycles. The zero-order chi connectivity index (χ0) is 9.84. The molecule has 0 spiro atoms. The van der Waals surface area contributed by atoms with Crippen molar-refractivity contribution in [3.8, 4) is 0 Å². The number of hydrogen-bond acceptors (Lipinski definition) is 4. The van der Waals surface area contributed by atoms with Crippen LogP contribution >= 0.6 is 0 Å². The lowest BCUT2D eigenvalue weighted by molar-refractivity contribution is 0.0952. The second-order valence-electron chi connectivity index (χ2n) is 3.34. The van der Waals surface area contributed by atoms with Crippen molar-refractivity contribution in [3.63, 3.8) is 0 Å². The van der Waals surface area contributed by atoms with E-state index in [2.05, 4.69) is 15.5 Å². The Balaban J connectivity index is 2.76. The largest absolute Gasteiger partial charge is 0.291 e. The van der Waals surface area contributed by atoms with Crippen LogP contribution in [-0.4, -0.2) is 26.0 Å². The van der Waals surface area contributed by atoms with Crippen LogP contribution in [0.1, 0.15) is 37.8 Å². The predicted molar refractivity (Wildman–Crippen MR) is 47.3 cm³/mol. The van der Waals surface area contributed by atoms with Crippen LogP contribution in [0, 0.1) is 5.92 Å².